The highest BCUT2D eigenvalue weighted by molar-refractivity contribution is 7.10. The molecule has 0 radical (unpaired) electrons. The van der Waals surface area contributed by atoms with E-state index in [1.807, 2.05) is 11.3 Å². The van der Waals surface area contributed by atoms with Crippen LogP contribution in [-0.4, -0.2) is 6.04 Å². The van der Waals surface area contributed by atoms with Gasteiger partial charge in [-0.1, -0.05) is 19.8 Å². The van der Waals surface area contributed by atoms with E-state index in [4.69, 9.17) is 0 Å². The minimum Gasteiger partial charge on any atom is -0.340 e. The normalized spacial score (nSPS) is 13.0. The van der Waals surface area contributed by atoms with Gasteiger partial charge in [-0.05, 0) is 43.7 Å². The van der Waals surface area contributed by atoms with E-state index in [-0.39, 0.29) is 0 Å². The minimum atomic E-state index is 0.776. The van der Waals surface area contributed by atoms with Crippen LogP contribution in [0.3, 0.4) is 0 Å². The Morgan fingerprint density at radius 3 is 2.80 bits per heavy atom. The average Bonchev–Trinajstić information content (AvgIpc) is 2.61. The molecule has 0 amide bonds. The highest BCUT2D eigenvalue weighted by Gasteiger charge is 2.06. The summed E-state index contributed by atoms with van der Waals surface area (Å²) in [4.78, 5) is 1.54. The lowest BCUT2D eigenvalue weighted by Crippen LogP contribution is -2.87. The molecular formula is C13H24NS+. The van der Waals surface area contributed by atoms with Gasteiger partial charge in [0.05, 0.1) is 10.9 Å². The van der Waals surface area contributed by atoms with Crippen molar-refractivity contribution in [3.8, 4) is 0 Å². The molecule has 1 nitrogen and oxygen atoms in total. The maximum absolute atomic E-state index is 2.48. The lowest BCUT2D eigenvalue weighted by molar-refractivity contribution is -0.701. The first-order chi connectivity index (χ1) is 7.24. The van der Waals surface area contributed by atoms with E-state index in [0.29, 0.717) is 0 Å². The molecule has 1 rings (SSSR count). The molecule has 0 unspecified atom stereocenters. The fourth-order valence-electron chi connectivity index (χ4n) is 1.76. The monoisotopic (exact) mass is 226 g/mol. The van der Waals surface area contributed by atoms with E-state index >= 15 is 0 Å². The summed E-state index contributed by atoms with van der Waals surface area (Å²) in [5, 5.41) is 4.68. The van der Waals surface area contributed by atoms with Gasteiger partial charge in [-0.15, -0.1) is 11.3 Å². The molecule has 0 aliphatic carbocycles. The second kappa shape index (κ2) is 7.02. The third-order valence-electron chi connectivity index (χ3n) is 2.94. The summed E-state index contributed by atoms with van der Waals surface area (Å²) in [6.45, 7) is 7.99. The molecule has 2 N–H and O–H groups in total. The molecule has 1 aromatic rings. The van der Waals surface area contributed by atoms with Gasteiger partial charge in [0.1, 0.15) is 6.54 Å². The molecule has 1 atom stereocenters. The maximum Gasteiger partial charge on any atom is 0.111 e. The van der Waals surface area contributed by atoms with Crippen LogP contribution in [0.2, 0.25) is 0 Å². The average molecular weight is 226 g/mol. The molecule has 0 saturated carbocycles. The van der Waals surface area contributed by atoms with Crippen molar-refractivity contribution in [3.63, 3.8) is 0 Å². The second-order valence-electron chi connectivity index (χ2n) is 4.44. The number of rotatable bonds is 7. The van der Waals surface area contributed by atoms with Gasteiger partial charge in [-0.3, -0.25) is 0 Å². The summed E-state index contributed by atoms with van der Waals surface area (Å²) in [7, 11) is 0. The molecule has 0 bridgehead atoms. The van der Waals surface area contributed by atoms with Gasteiger partial charge in [0, 0.05) is 0 Å². The number of hydrogen-bond donors (Lipinski definition) is 1. The van der Waals surface area contributed by atoms with Crippen molar-refractivity contribution in [2.75, 3.05) is 0 Å². The van der Waals surface area contributed by atoms with Crippen LogP contribution in [0.15, 0.2) is 11.4 Å². The van der Waals surface area contributed by atoms with Crippen molar-refractivity contribution in [1.29, 1.82) is 0 Å². The van der Waals surface area contributed by atoms with E-state index in [0.717, 1.165) is 12.6 Å². The van der Waals surface area contributed by atoms with Crippen molar-refractivity contribution in [2.24, 2.45) is 0 Å². The van der Waals surface area contributed by atoms with Crippen LogP contribution in [-0.2, 0) is 6.54 Å². The van der Waals surface area contributed by atoms with E-state index < -0.39 is 0 Å². The molecule has 0 fully saturated rings. The molecular weight excluding hydrogens is 202 g/mol. The van der Waals surface area contributed by atoms with Gasteiger partial charge >= 0.3 is 0 Å². The first-order valence-corrected chi connectivity index (χ1v) is 6.98. The molecule has 2 heteroatoms. The Morgan fingerprint density at radius 2 is 2.20 bits per heavy atom. The van der Waals surface area contributed by atoms with Crippen LogP contribution in [0, 0.1) is 6.92 Å². The van der Waals surface area contributed by atoms with Crippen LogP contribution in [0.4, 0.5) is 0 Å². The Morgan fingerprint density at radius 1 is 1.40 bits per heavy atom. The van der Waals surface area contributed by atoms with Crippen molar-refractivity contribution >= 4 is 11.3 Å². The van der Waals surface area contributed by atoms with E-state index in [2.05, 4.69) is 37.5 Å². The van der Waals surface area contributed by atoms with Crippen molar-refractivity contribution in [2.45, 2.75) is 59.0 Å². The van der Waals surface area contributed by atoms with E-state index in [1.165, 1.54) is 36.1 Å². The molecule has 15 heavy (non-hydrogen) atoms. The number of quaternary nitrogens is 1. The molecule has 0 saturated heterocycles. The molecule has 1 aromatic heterocycles. The highest BCUT2D eigenvalue weighted by atomic mass is 32.1. The Labute approximate surface area is 97.9 Å². The van der Waals surface area contributed by atoms with Crippen molar-refractivity contribution < 1.29 is 5.32 Å². The van der Waals surface area contributed by atoms with Gasteiger partial charge in [-0.25, -0.2) is 0 Å². The first-order valence-electron chi connectivity index (χ1n) is 6.10. The summed E-state index contributed by atoms with van der Waals surface area (Å²) in [5.74, 6) is 0. The third kappa shape index (κ3) is 4.80. The maximum atomic E-state index is 2.48. The predicted molar refractivity (Wildman–Crippen MR) is 68.3 cm³/mol. The number of nitrogens with two attached hydrogens (primary N) is 1. The van der Waals surface area contributed by atoms with Gasteiger partial charge in [0.2, 0.25) is 0 Å². The fourth-order valence-corrected chi connectivity index (χ4v) is 2.64. The van der Waals surface area contributed by atoms with Gasteiger partial charge in [-0.2, -0.15) is 0 Å². The number of aryl methyl sites for hydroxylation is 1. The molecule has 0 spiro atoms. The minimum absolute atomic E-state index is 0.776. The zero-order valence-electron chi connectivity index (χ0n) is 10.3. The fraction of sp³-hybridized carbons (Fsp3) is 0.692. The molecule has 0 aliphatic heterocycles. The van der Waals surface area contributed by atoms with Gasteiger partial charge < -0.3 is 5.32 Å². The molecule has 0 aromatic carbocycles. The standard InChI is InChI=1S/C13H23NS/c1-4-5-6-7-12(3)14-10-13-11(2)8-9-15-13/h8-9,12,14H,4-7,10H2,1-3H3/p+1/t12-/m0/s1. The predicted octanol–water partition coefficient (Wildman–Crippen LogP) is 3.09. The largest absolute Gasteiger partial charge is 0.340 e. The van der Waals surface area contributed by atoms with Crippen LogP contribution < -0.4 is 5.32 Å². The van der Waals surface area contributed by atoms with Crippen LogP contribution in [0.1, 0.15) is 50.0 Å². The van der Waals surface area contributed by atoms with Crippen molar-refractivity contribution in [1.82, 2.24) is 0 Å². The molecule has 0 aliphatic rings. The topological polar surface area (TPSA) is 16.6 Å². The SMILES string of the molecule is CCCCC[C@H](C)[NH2+]Cc1sccc1C. The van der Waals surface area contributed by atoms with Crippen LogP contribution >= 0.6 is 11.3 Å². The summed E-state index contributed by atoms with van der Waals surface area (Å²) in [6, 6.07) is 2.99. The number of thiophene rings is 1. The van der Waals surface area contributed by atoms with Crippen LogP contribution in [0.25, 0.3) is 0 Å². The highest BCUT2D eigenvalue weighted by Crippen LogP contribution is 2.13. The Hall–Kier alpha value is -0.340. The number of unbranched alkanes of at least 4 members (excludes halogenated alkanes) is 2. The third-order valence-corrected chi connectivity index (χ3v) is 3.98. The van der Waals surface area contributed by atoms with Crippen LogP contribution in [0.5, 0.6) is 0 Å². The second-order valence-corrected chi connectivity index (χ2v) is 5.44. The first kappa shape index (κ1) is 12.7. The zero-order valence-corrected chi connectivity index (χ0v) is 11.1. The Bertz CT molecular complexity index is 267. The lowest BCUT2D eigenvalue weighted by Gasteiger charge is -2.09. The lowest BCUT2D eigenvalue weighted by atomic mass is 10.1. The summed E-state index contributed by atoms with van der Waals surface area (Å²) in [6.07, 6.45) is 5.46. The Balaban J connectivity index is 2.16. The quantitative estimate of drug-likeness (QED) is 0.688. The van der Waals surface area contributed by atoms with Crippen molar-refractivity contribution in [3.05, 3.63) is 21.9 Å². The number of hydrogen-bond acceptors (Lipinski definition) is 1. The summed E-state index contributed by atoms with van der Waals surface area (Å²) < 4.78 is 0. The molecule has 86 valence electrons. The van der Waals surface area contributed by atoms with E-state index in [9.17, 15) is 0 Å². The smallest absolute Gasteiger partial charge is 0.111 e. The summed E-state index contributed by atoms with van der Waals surface area (Å²) in [5.41, 5.74) is 1.46. The Kier molecular flexibility index (Phi) is 5.96. The van der Waals surface area contributed by atoms with Gasteiger partial charge in [0.15, 0.2) is 0 Å². The van der Waals surface area contributed by atoms with Gasteiger partial charge in [0.25, 0.3) is 0 Å². The molecule has 1 heterocycles. The summed E-state index contributed by atoms with van der Waals surface area (Å²) >= 11 is 1.89. The van der Waals surface area contributed by atoms with E-state index in [1.54, 1.807) is 0 Å². The zero-order chi connectivity index (χ0) is 11.1.